The quantitative estimate of drug-likeness (QED) is 0.240. The number of hydrogen-bond donors (Lipinski definition) is 0. The summed E-state index contributed by atoms with van der Waals surface area (Å²) in [5.41, 5.74) is 1.03. The topological polar surface area (TPSA) is 43.4 Å². The molecule has 1 aromatic carbocycles. The summed E-state index contributed by atoms with van der Waals surface area (Å²) in [5.74, 6) is 0.627. The predicted octanol–water partition coefficient (Wildman–Crippen LogP) is 5.41. The van der Waals surface area contributed by atoms with Crippen molar-refractivity contribution in [1.82, 2.24) is 0 Å². The summed E-state index contributed by atoms with van der Waals surface area (Å²) in [6, 6.07) is 6.78. The van der Waals surface area contributed by atoms with Crippen LogP contribution in [0, 0.1) is 6.92 Å². The minimum absolute atomic E-state index is 0.215. The van der Waals surface area contributed by atoms with Crippen molar-refractivity contribution in [1.29, 1.82) is 0 Å². The minimum Gasteiger partial charge on any atom is -0.383 e. The van der Waals surface area contributed by atoms with Crippen LogP contribution in [0.1, 0.15) is 31.7 Å². The van der Waals surface area contributed by atoms with Crippen LogP contribution < -0.4 is 0 Å². The first-order valence-corrected chi connectivity index (χ1v) is 13.5. The molecule has 6 heteroatoms. The summed E-state index contributed by atoms with van der Waals surface area (Å²) in [7, 11) is -5.36. The van der Waals surface area contributed by atoms with Crippen LogP contribution in [0.3, 0.4) is 0 Å². The molecule has 1 rings (SSSR count). The van der Waals surface area contributed by atoms with Crippen molar-refractivity contribution in [3.8, 4) is 0 Å². The summed E-state index contributed by atoms with van der Waals surface area (Å²) in [5, 5.41) is 0. The van der Waals surface area contributed by atoms with Crippen molar-refractivity contribution in [2.75, 3.05) is 0 Å². The van der Waals surface area contributed by atoms with Crippen LogP contribution in [-0.2, 0) is 14.3 Å². The molecule has 0 atom stereocenters. The van der Waals surface area contributed by atoms with Gasteiger partial charge < -0.3 is 4.18 Å². The van der Waals surface area contributed by atoms with E-state index in [9.17, 15) is 8.42 Å². The van der Waals surface area contributed by atoms with Gasteiger partial charge in [-0.05, 0) is 25.5 Å². The van der Waals surface area contributed by atoms with Crippen LogP contribution >= 0.6 is 22.6 Å². The summed E-state index contributed by atoms with van der Waals surface area (Å²) < 4.78 is 31.6. The molecule has 0 aliphatic carbocycles. The highest BCUT2D eigenvalue weighted by molar-refractivity contribution is 14.1. The van der Waals surface area contributed by atoms with E-state index in [1.807, 2.05) is 6.92 Å². The van der Waals surface area contributed by atoms with Crippen molar-refractivity contribution in [2.24, 2.45) is 0 Å². The molecule has 0 aliphatic rings. The fourth-order valence-corrected chi connectivity index (χ4v) is 4.44. The van der Waals surface area contributed by atoms with Gasteiger partial charge in [-0.3, -0.25) is 0 Å². The zero-order valence-electron chi connectivity index (χ0n) is 13.9. The Morgan fingerprint density at radius 3 is 2.18 bits per heavy atom. The minimum atomic E-state index is -3.75. The van der Waals surface area contributed by atoms with Gasteiger partial charge in [0.1, 0.15) is 10.7 Å². The molecule has 0 saturated carbocycles. The summed E-state index contributed by atoms with van der Waals surface area (Å²) >= 11 is 2.27. The molecule has 0 unspecified atom stereocenters. The summed E-state index contributed by atoms with van der Waals surface area (Å²) in [4.78, 5) is 0.215. The maximum Gasteiger partial charge on any atom is 0.338 e. The average Bonchev–Trinajstić information content (AvgIpc) is 2.42. The molecule has 0 spiro atoms. The fourth-order valence-electron chi connectivity index (χ4n) is 1.83. The second kappa shape index (κ2) is 7.96. The number of halogens is 1. The molecule has 0 aliphatic heterocycles. The van der Waals surface area contributed by atoms with E-state index in [2.05, 4.69) is 49.2 Å². The van der Waals surface area contributed by atoms with Gasteiger partial charge in [-0.25, -0.2) is 0 Å². The van der Waals surface area contributed by atoms with Crippen LogP contribution in [-0.4, -0.2) is 16.5 Å². The van der Waals surface area contributed by atoms with Gasteiger partial charge in [-0.15, -0.1) is 0 Å². The molecule has 22 heavy (non-hydrogen) atoms. The molecular weight excluding hydrogens is 427 g/mol. The van der Waals surface area contributed by atoms with Crippen LogP contribution in [0.5, 0.6) is 0 Å². The smallest absolute Gasteiger partial charge is 0.338 e. The lowest BCUT2D eigenvalue weighted by Gasteiger charge is -2.20. The van der Waals surface area contributed by atoms with Crippen molar-refractivity contribution >= 4 is 40.8 Å². The molecule has 0 saturated heterocycles. The molecule has 0 N–H and O–H groups in total. The zero-order chi connectivity index (χ0) is 17.0. The van der Waals surface area contributed by atoms with Gasteiger partial charge in [-0.2, -0.15) is 8.42 Å². The molecule has 0 radical (unpaired) electrons. The van der Waals surface area contributed by atoms with E-state index in [4.69, 9.17) is 4.18 Å². The number of aryl methyl sites for hydroxylation is 1. The van der Waals surface area contributed by atoms with Gasteiger partial charge >= 0.3 is 10.1 Å². The predicted molar refractivity (Wildman–Crippen MR) is 103 cm³/mol. The van der Waals surface area contributed by atoms with E-state index in [1.165, 1.54) is 0 Å². The monoisotopic (exact) mass is 452 g/mol. The van der Waals surface area contributed by atoms with E-state index in [0.717, 1.165) is 21.6 Å². The lowest BCUT2D eigenvalue weighted by Crippen LogP contribution is -2.23. The Balaban J connectivity index is 3.15. The summed E-state index contributed by atoms with van der Waals surface area (Å²) in [6.07, 6.45) is 2.60. The van der Waals surface area contributed by atoms with E-state index in [1.54, 1.807) is 24.3 Å². The Labute approximate surface area is 149 Å². The van der Waals surface area contributed by atoms with Crippen molar-refractivity contribution in [3.05, 3.63) is 38.8 Å². The van der Waals surface area contributed by atoms with Gasteiger partial charge in [0.2, 0.25) is 0 Å². The molecule has 0 amide bonds. The Morgan fingerprint density at radius 2 is 1.73 bits per heavy atom. The maximum absolute atomic E-state index is 12.5. The van der Waals surface area contributed by atoms with Crippen LogP contribution in [0.4, 0.5) is 0 Å². The zero-order valence-corrected chi connectivity index (χ0v) is 17.9. The first-order valence-electron chi connectivity index (χ1n) is 7.48. The molecule has 1 aromatic rings. The molecule has 0 heterocycles. The van der Waals surface area contributed by atoms with Crippen LogP contribution in [0.15, 0.2) is 38.1 Å². The standard InChI is InChI=1S/C16H25IO3SSi/c1-6-7-8-15(16(17)22(3,4)5)20-21(18,19)14-11-9-13(2)10-12-14/h9-12H,6-8H2,1-5H3/b16-15-. The highest BCUT2D eigenvalue weighted by Crippen LogP contribution is 2.31. The van der Waals surface area contributed by atoms with Gasteiger partial charge in [0, 0.05) is 9.62 Å². The second-order valence-corrected chi connectivity index (χ2v) is 15.1. The van der Waals surface area contributed by atoms with Gasteiger partial charge in [-0.1, -0.05) is 73.3 Å². The normalized spacial score (nSPS) is 13.7. The van der Waals surface area contributed by atoms with Crippen LogP contribution in [0.25, 0.3) is 0 Å². The molecule has 0 fully saturated rings. The highest BCUT2D eigenvalue weighted by atomic mass is 127. The van der Waals surface area contributed by atoms with Crippen molar-refractivity contribution in [2.45, 2.75) is 57.6 Å². The van der Waals surface area contributed by atoms with Crippen molar-refractivity contribution in [3.63, 3.8) is 0 Å². The molecule has 124 valence electrons. The van der Waals surface area contributed by atoms with E-state index in [0.29, 0.717) is 12.2 Å². The second-order valence-electron chi connectivity index (χ2n) is 6.44. The largest absolute Gasteiger partial charge is 0.383 e. The van der Waals surface area contributed by atoms with E-state index >= 15 is 0 Å². The van der Waals surface area contributed by atoms with E-state index in [-0.39, 0.29) is 4.90 Å². The van der Waals surface area contributed by atoms with Gasteiger partial charge in [0.25, 0.3) is 0 Å². The number of benzene rings is 1. The highest BCUT2D eigenvalue weighted by Gasteiger charge is 2.26. The third-order valence-electron chi connectivity index (χ3n) is 3.18. The molecule has 0 bridgehead atoms. The number of allylic oxidation sites excluding steroid dienone is 1. The number of unbranched alkanes of at least 4 members (excludes halogenated alkanes) is 1. The lowest BCUT2D eigenvalue weighted by molar-refractivity contribution is 0.387. The maximum atomic E-state index is 12.5. The third-order valence-corrected chi connectivity index (χ3v) is 11.5. The summed E-state index contributed by atoms with van der Waals surface area (Å²) in [6.45, 7) is 10.6. The first-order chi connectivity index (χ1) is 10.1. The first kappa shape index (κ1) is 19.7. The third kappa shape index (κ3) is 5.70. The van der Waals surface area contributed by atoms with Gasteiger partial charge in [0.15, 0.2) is 0 Å². The Bertz CT molecular complexity index is 628. The average molecular weight is 452 g/mol. The lowest BCUT2D eigenvalue weighted by atomic mass is 10.2. The SMILES string of the molecule is CCCC/C(OS(=O)(=O)c1ccc(C)cc1)=C(\I)[Si](C)(C)C. The number of rotatable bonds is 7. The Morgan fingerprint density at radius 1 is 1.18 bits per heavy atom. The molecule has 3 nitrogen and oxygen atoms in total. The Kier molecular flexibility index (Phi) is 7.13. The van der Waals surface area contributed by atoms with Crippen molar-refractivity contribution < 1.29 is 12.6 Å². The van der Waals surface area contributed by atoms with E-state index < -0.39 is 18.2 Å². The fraction of sp³-hybridized carbons (Fsp3) is 0.500. The Hall–Kier alpha value is -0.343. The number of hydrogen-bond acceptors (Lipinski definition) is 3. The molecular formula is C16H25IO3SSi. The van der Waals surface area contributed by atoms with Gasteiger partial charge in [0.05, 0.1) is 8.07 Å². The van der Waals surface area contributed by atoms with Crippen LogP contribution in [0.2, 0.25) is 19.6 Å². The molecule has 0 aromatic heterocycles.